The summed E-state index contributed by atoms with van der Waals surface area (Å²) in [5.41, 5.74) is 1.34. The van der Waals surface area contributed by atoms with Gasteiger partial charge in [0.05, 0.1) is 22.0 Å². The van der Waals surface area contributed by atoms with Crippen LogP contribution in [-0.2, 0) is 32.7 Å². The molecule has 11 heteroatoms. The fraction of sp³-hybridized carbons (Fsp3) is 0.435. The van der Waals surface area contributed by atoms with Crippen molar-refractivity contribution in [1.29, 1.82) is 0 Å². The van der Waals surface area contributed by atoms with Gasteiger partial charge in [0.1, 0.15) is 12.4 Å². The second kappa shape index (κ2) is 9.69. The zero-order valence-electron chi connectivity index (χ0n) is 19.0. The van der Waals surface area contributed by atoms with Crippen molar-refractivity contribution in [2.45, 2.75) is 57.3 Å². The molecule has 1 saturated heterocycles. The number of carbonyl (C=O) groups excluding carboxylic acids is 1. The average molecular weight is 491 g/mol. The van der Waals surface area contributed by atoms with Gasteiger partial charge in [-0.1, -0.05) is 12.5 Å². The molecule has 182 valence electrons. The second-order valence-corrected chi connectivity index (χ2v) is 10.4. The quantitative estimate of drug-likeness (QED) is 0.341. The molecule has 0 saturated carbocycles. The van der Waals surface area contributed by atoms with Crippen molar-refractivity contribution in [3.63, 3.8) is 0 Å². The van der Waals surface area contributed by atoms with Crippen molar-refractivity contribution < 1.29 is 32.3 Å². The normalized spacial score (nSPS) is 18.6. The van der Waals surface area contributed by atoms with Crippen LogP contribution in [0.3, 0.4) is 0 Å². The highest BCUT2D eigenvalue weighted by atomic mass is 32.2. The van der Waals surface area contributed by atoms with Crippen molar-refractivity contribution in [3.05, 3.63) is 62.7 Å². The molecular formula is C23H26N2O8S. The minimum absolute atomic E-state index is 0.0142. The lowest BCUT2D eigenvalue weighted by Crippen LogP contribution is -2.41. The molecule has 2 aromatic rings. The Morgan fingerprint density at radius 3 is 2.79 bits per heavy atom. The maximum Gasteiger partial charge on any atom is 0.338 e. The number of aryl methyl sites for hydroxylation is 1. The summed E-state index contributed by atoms with van der Waals surface area (Å²) in [5, 5.41) is 11.3. The Labute approximate surface area is 197 Å². The molecule has 0 bridgehead atoms. The Hall–Kier alpha value is -3.02. The summed E-state index contributed by atoms with van der Waals surface area (Å²) in [4.78, 5) is 23.7. The van der Waals surface area contributed by atoms with Crippen LogP contribution in [0, 0.1) is 17.0 Å². The molecular weight excluding hydrogens is 464 g/mol. The summed E-state index contributed by atoms with van der Waals surface area (Å²) in [6.07, 6.45) is 2.57. The van der Waals surface area contributed by atoms with E-state index in [2.05, 4.69) is 0 Å². The molecule has 0 aromatic heterocycles. The van der Waals surface area contributed by atoms with Gasteiger partial charge in [-0.3, -0.25) is 10.1 Å². The summed E-state index contributed by atoms with van der Waals surface area (Å²) in [7, 11) is -3.76. The minimum atomic E-state index is -3.76. The molecule has 2 heterocycles. The molecule has 1 atom stereocenters. The van der Waals surface area contributed by atoms with E-state index in [1.807, 2.05) is 6.92 Å². The van der Waals surface area contributed by atoms with E-state index in [0.29, 0.717) is 29.0 Å². The predicted molar refractivity (Wildman–Crippen MR) is 121 cm³/mol. The summed E-state index contributed by atoms with van der Waals surface area (Å²) >= 11 is 0. The number of ether oxygens (including phenoxy) is 3. The third-order valence-electron chi connectivity index (χ3n) is 6.12. The van der Waals surface area contributed by atoms with Crippen LogP contribution in [0.1, 0.15) is 53.2 Å². The number of hydrogen-bond donors (Lipinski definition) is 0. The Morgan fingerprint density at radius 1 is 1.26 bits per heavy atom. The standard InChI is InChI=1S/C23H26N2O8S/c1-15-6-7-20(34(29,30)24-8-4-3-5-16(24)2)11-21(15)23(26)32-13-18-10-19(25(27)28)9-17-12-31-14-33-22(17)18/h6-7,9-11,16H,3-5,8,12-14H2,1-2H3. The number of hydrogen-bond acceptors (Lipinski definition) is 8. The SMILES string of the molecule is Cc1ccc(S(=O)(=O)N2CCCCC2C)cc1C(=O)OCc1cc([N+](=O)[O-])cc2c1OCOC2. The summed E-state index contributed by atoms with van der Waals surface area (Å²) in [6.45, 7) is 3.87. The van der Waals surface area contributed by atoms with E-state index in [4.69, 9.17) is 14.2 Å². The van der Waals surface area contributed by atoms with E-state index < -0.39 is 20.9 Å². The Balaban J connectivity index is 1.58. The Bertz CT molecular complexity index is 1230. The topological polar surface area (TPSA) is 125 Å². The van der Waals surface area contributed by atoms with Crippen molar-refractivity contribution in [3.8, 4) is 5.75 Å². The molecule has 0 aliphatic carbocycles. The van der Waals surface area contributed by atoms with Gasteiger partial charge in [-0.2, -0.15) is 4.31 Å². The number of non-ortho nitro benzene ring substituents is 1. The zero-order chi connectivity index (χ0) is 24.5. The molecule has 0 radical (unpaired) electrons. The van der Waals surface area contributed by atoms with Crippen molar-refractivity contribution in [1.82, 2.24) is 4.31 Å². The first-order valence-electron chi connectivity index (χ1n) is 11.0. The number of nitro groups is 1. The number of esters is 1. The summed E-state index contributed by atoms with van der Waals surface area (Å²) in [5.74, 6) is -0.342. The van der Waals surface area contributed by atoms with Gasteiger partial charge in [-0.05, 0) is 44.4 Å². The van der Waals surface area contributed by atoms with Gasteiger partial charge in [0.2, 0.25) is 10.0 Å². The van der Waals surface area contributed by atoms with Crippen molar-refractivity contribution >= 4 is 21.7 Å². The molecule has 1 fully saturated rings. The van der Waals surface area contributed by atoms with Crippen molar-refractivity contribution in [2.24, 2.45) is 0 Å². The third kappa shape index (κ3) is 4.77. The number of nitro benzene ring substituents is 1. The molecule has 2 aliphatic rings. The number of carbonyl (C=O) groups is 1. The van der Waals surface area contributed by atoms with Crippen LogP contribution in [-0.4, -0.2) is 43.0 Å². The number of benzene rings is 2. The van der Waals surface area contributed by atoms with E-state index in [-0.39, 0.29) is 42.2 Å². The molecule has 2 aromatic carbocycles. The molecule has 0 amide bonds. The molecule has 1 unspecified atom stereocenters. The van der Waals surface area contributed by atoms with Crippen molar-refractivity contribution in [2.75, 3.05) is 13.3 Å². The van der Waals surface area contributed by atoms with Gasteiger partial charge in [-0.15, -0.1) is 0 Å². The number of rotatable bonds is 6. The number of sulfonamides is 1. The van der Waals surface area contributed by atoms with Gasteiger partial charge in [0, 0.05) is 35.8 Å². The van der Waals surface area contributed by atoms with E-state index in [1.165, 1.54) is 28.6 Å². The highest BCUT2D eigenvalue weighted by Gasteiger charge is 2.32. The monoisotopic (exact) mass is 490 g/mol. The lowest BCUT2D eigenvalue weighted by Gasteiger charge is -2.32. The van der Waals surface area contributed by atoms with E-state index in [0.717, 1.165) is 19.3 Å². The fourth-order valence-corrected chi connectivity index (χ4v) is 5.99. The van der Waals surface area contributed by atoms with Gasteiger partial charge < -0.3 is 14.2 Å². The number of nitrogens with zero attached hydrogens (tertiary/aromatic N) is 2. The predicted octanol–water partition coefficient (Wildman–Crippen LogP) is 3.69. The average Bonchev–Trinajstić information content (AvgIpc) is 2.82. The lowest BCUT2D eigenvalue weighted by atomic mass is 10.1. The van der Waals surface area contributed by atoms with Gasteiger partial charge >= 0.3 is 5.97 Å². The van der Waals surface area contributed by atoms with Gasteiger partial charge in [-0.25, -0.2) is 13.2 Å². The summed E-state index contributed by atoms with van der Waals surface area (Å²) < 4.78 is 44.0. The first kappa shape index (κ1) is 24.1. The van der Waals surface area contributed by atoms with Gasteiger partial charge in [0.15, 0.2) is 6.79 Å². The Kier molecular flexibility index (Phi) is 6.87. The Morgan fingerprint density at radius 2 is 2.06 bits per heavy atom. The first-order chi connectivity index (χ1) is 16.2. The van der Waals surface area contributed by atoms with Crippen LogP contribution >= 0.6 is 0 Å². The van der Waals surface area contributed by atoms with Crippen LogP contribution in [0.25, 0.3) is 0 Å². The van der Waals surface area contributed by atoms with E-state index >= 15 is 0 Å². The minimum Gasteiger partial charge on any atom is -0.467 e. The largest absolute Gasteiger partial charge is 0.467 e. The highest BCUT2D eigenvalue weighted by Crippen LogP contribution is 2.33. The van der Waals surface area contributed by atoms with Crippen LogP contribution < -0.4 is 4.74 Å². The fourth-order valence-electron chi connectivity index (χ4n) is 4.26. The maximum atomic E-state index is 13.2. The molecule has 0 spiro atoms. The highest BCUT2D eigenvalue weighted by molar-refractivity contribution is 7.89. The second-order valence-electron chi connectivity index (χ2n) is 8.47. The lowest BCUT2D eigenvalue weighted by molar-refractivity contribution is -0.385. The summed E-state index contributed by atoms with van der Waals surface area (Å²) in [6, 6.07) is 6.95. The molecule has 2 aliphatic heterocycles. The third-order valence-corrected chi connectivity index (χ3v) is 8.13. The zero-order valence-corrected chi connectivity index (χ0v) is 19.8. The van der Waals surface area contributed by atoms with Crippen LogP contribution in [0.15, 0.2) is 35.2 Å². The van der Waals surface area contributed by atoms with E-state index in [1.54, 1.807) is 13.0 Å². The van der Waals surface area contributed by atoms with Gasteiger partial charge in [0.25, 0.3) is 5.69 Å². The van der Waals surface area contributed by atoms with Crippen LogP contribution in [0.2, 0.25) is 0 Å². The number of piperidine rings is 1. The molecule has 34 heavy (non-hydrogen) atoms. The van der Waals surface area contributed by atoms with E-state index in [9.17, 15) is 23.3 Å². The van der Waals surface area contributed by atoms with Crippen LogP contribution in [0.5, 0.6) is 5.75 Å². The number of fused-ring (bicyclic) bond motifs is 1. The van der Waals surface area contributed by atoms with Crippen LogP contribution in [0.4, 0.5) is 5.69 Å². The maximum absolute atomic E-state index is 13.2. The molecule has 10 nitrogen and oxygen atoms in total. The first-order valence-corrected chi connectivity index (χ1v) is 12.4. The molecule has 4 rings (SSSR count). The smallest absolute Gasteiger partial charge is 0.338 e. The molecule has 0 N–H and O–H groups in total.